The van der Waals surface area contributed by atoms with Crippen molar-refractivity contribution in [2.75, 3.05) is 0 Å². The Balaban J connectivity index is 3.10. The van der Waals surface area contributed by atoms with Gasteiger partial charge in [0.25, 0.3) is 0 Å². The summed E-state index contributed by atoms with van der Waals surface area (Å²) < 4.78 is 0. The second kappa shape index (κ2) is 4.52. The lowest BCUT2D eigenvalue weighted by Gasteiger charge is -2.50. The summed E-state index contributed by atoms with van der Waals surface area (Å²) in [4.78, 5) is 11.5. The summed E-state index contributed by atoms with van der Waals surface area (Å²) in [6.45, 7) is 12.3. The Hall–Kier alpha value is -0.570. The summed E-state index contributed by atoms with van der Waals surface area (Å²) in [7, 11) is 0. The topological polar surface area (TPSA) is 57.5 Å². The lowest BCUT2D eigenvalue weighted by atomic mass is 9.56. The van der Waals surface area contributed by atoms with E-state index in [0.29, 0.717) is 0 Å². The highest BCUT2D eigenvalue weighted by Gasteiger charge is 2.52. The molecule has 0 aromatic heterocycles. The third-order valence-electron chi connectivity index (χ3n) is 4.40. The van der Waals surface area contributed by atoms with Crippen LogP contribution in [0.1, 0.15) is 60.8 Å². The first kappa shape index (κ1) is 15.5. The minimum Gasteiger partial charge on any atom is -0.479 e. The Bertz CT molecular complexity index is 315. The molecule has 0 bridgehead atoms. The van der Waals surface area contributed by atoms with Gasteiger partial charge in [-0.05, 0) is 41.9 Å². The SMILES string of the molecule is CC(C)C(O)(C(=O)O)C1CC(C)(C)CC(C)(C)C1. The van der Waals surface area contributed by atoms with Gasteiger partial charge in [0.2, 0.25) is 0 Å². The van der Waals surface area contributed by atoms with Gasteiger partial charge in [0.1, 0.15) is 0 Å². The van der Waals surface area contributed by atoms with Crippen LogP contribution < -0.4 is 0 Å². The van der Waals surface area contributed by atoms with E-state index in [4.69, 9.17) is 0 Å². The fraction of sp³-hybridized carbons (Fsp3) is 0.933. The largest absolute Gasteiger partial charge is 0.479 e. The first-order chi connectivity index (χ1) is 7.91. The van der Waals surface area contributed by atoms with Crippen LogP contribution in [0.3, 0.4) is 0 Å². The molecule has 0 heterocycles. The average Bonchev–Trinajstić information content (AvgIpc) is 2.10. The summed E-state index contributed by atoms with van der Waals surface area (Å²) in [6, 6.07) is 0. The van der Waals surface area contributed by atoms with Crippen molar-refractivity contribution < 1.29 is 15.0 Å². The summed E-state index contributed by atoms with van der Waals surface area (Å²) >= 11 is 0. The third-order valence-corrected chi connectivity index (χ3v) is 4.40. The van der Waals surface area contributed by atoms with E-state index in [2.05, 4.69) is 27.7 Å². The Morgan fingerprint density at radius 2 is 1.56 bits per heavy atom. The minimum atomic E-state index is -1.60. The molecule has 2 N–H and O–H groups in total. The standard InChI is InChI=1S/C15H28O3/c1-10(2)15(18,12(16)17)11-7-13(3,4)9-14(5,6)8-11/h10-11,18H,7-9H2,1-6H3,(H,16,17). The maximum atomic E-state index is 11.5. The van der Waals surface area contributed by atoms with Gasteiger partial charge in [-0.2, -0.15) is 0 Å². The van der Waals surface area contributed by atoms with Crippen LogP contribution in [-0.4, -0.2) is 21.8 Å². The monoisotopic (exact) mass is 256 g/mol. The van der Waals surface area contributed by atoms with Crippen molar-refractivity contribution in [2.45, 2.75) is 66.4 Å². The highest BCUT2D eigenvalue weighted by molar-refractivity contribution is 5.78. The molecular weight excluding hydrogens is 228 g/mol. The quantitative estimate of drug-likeness (QED) is 0.814. The molecular formula is C15H28O3. The summed E-state index contributed by atoms with van der Waals surface area (Å²) in [5.41, 5.74) is -1.43. The maximum absolute atomic E-state index is 11.5. The van der Waals surface area contributed by atoms with Crippen LogP contribution in [0.25, 0.3) is 0 Å². The van der Waals surface area contributed by atoms with Crippen molar-refractivity contribution in [3.63, 3.8) is 0 Å². The molecule has 3 nitrogen and oxygen atoms in total. The molecule has 106 valence electrons. The number of carboxylic acids is 1. The molecule has 1 saturated carbocycles. The second-order valence-electron chi connectivity index (χ2n) is 7.90. The molecule has 0 aromatic rings. The van der Waals surface area contributed by atoms with Crippen LogP contribution in [0, 0.1) is 22.7 Å². The fourth-order valence-electron chi connectivity index (χ4n) is 4.05. The molecule has 18 heavy (non-hydrogen) atoms. The summed E-state index contributed by atoms with van der Waals surface area (Å²) in [6.07, 6.45) is 2.62. The number of aliphatic carboxylic acids is 1. The van der Waals surface area contributed by atoms with Gasteiger partial charge in [-0.3, -0.25) is 0 Å². The zero-order chi connectivity index (χ0) is 14.4. The number of carbonyl (C=O) groups is 1. The van der Waals surface area contributed by atoms with Gasteiger partial charge in [0, 0.05) is 0 Å². The smallest absolute Gasteiger partial charge is 0.336 e. The molecule has 3 heteroatoms. The van der Waals surface area contributed by atoms with Crippen LogP contribution in [0.4, 0.5) is 0 Å². The lowest BCUT2D eigenvalue weighted by Crippen LogP contribution is -2.54. The maximum Gasteiger partial charge on any atom is 0.336 e. The van der Waals surface area contributed by atoms with E-state index in [1.54, 1.807) is 13.8 Å². The van der Waals surface area contributed by atoms with E-state index in [0.717, 1.165) is 19.3 Å². The van der Waals surface area contributed by atoms with E-state index in [9.17, 15) is 15.0 Å². The van der Waals surface area contributed by atoms with Crippen LogP contribution >= 0.6 is 0 Å². The van der Waals surface area contributed by atoms with E-state index in [1.165, 1.54) is 0 Å². The molecule has 0 saturated heterocycles. The molecule has 1 unspecified atom stereocenters. The van der Waals surface area contributed by atoms with Gasteiger partial charge in [-0.1, -0.05) is 41.5 Å². The van der Waals surface area contributed by atoms with E-state index < -0.39 is 11.6 Å². The van der Waals surface area contributed by atoms with Gasteiger partial charge in [-0.15, -0.1) is 0 Å². The normalized spacial score (nSPS) is 26.9. The highest BCUT2D eigenvalue weighted by Crippen LogP contribution is 2.52. The molecule has 0 radical (unpaired) electrons. The van der Waals surface area contributed by atoms with Gasteiger partial charge in [0.05, 0.1) is 0 Å². The summed E-state index contributed by atoms with van der Waals surface area (Å²) in [5.74, 6) is -1.52. The average molecular weight is 256 g/mol. The highest BCUT2D eigenvalue weighted by atomic mass is 16.4. The van der Waals surface area contributed by atoms with Crippen LogP contribution in [0.5, 0.6) is 0 Å². The van der Waals surface area contributed by atoms with Crippen molar-refractivity contribution in [3.8, 4) is 0 Å². The second-order valence-corrected chi connectivity index (χ2v) is 7.90. The van der Waals surface area contributed by atoms with Crippen molar-refractivity contribution in [3.05, 3.63) is 0 Å². The molecule has 1 fully saturated rings. The molecule has 0 spiro atoms. The van der Waals surface area contributed by atoms with Crippen molar-refractivity contribution in [2.24, 2.45) is 22.7 Å². The number of aliphatic hydroxyl groups is 1. The minimum absolute atomic E-state index is 0.0880. The van der Waals surface area contributed by atoms with Gasteiger partial charge < -0.3 is 10.2 Å². The molecule has 1 rings (SSSR count). The Kier molecular flexibility index (Phi) is 3.89. The zero-order valence-electron chi connectivity index (χ0n) is 12.6. The predicted molar refractivity (Wildman–Crippen MR) is 72.3 cm³/mol. The number of hydrogen-bond acceptors (Lipinski definition) is 2. The van der Waals surface area contributed by atoms with Gasteiger partial charge in [-0.25, -0.2) is 4.79 Å². The van der Waals surface area contributed by atoms with Crippen molar-refractivity contribution in [1.82, 2.24) is 0 Å². The summed E-state index contributed by atoms with van der Waals surface area (Å²) in [5, 5.41) is 20.1. The first-order valence-electron chi connectivity index (χ1n) is 6.86. The van der Waals surface area contributed by atoms with Crippen LogP contribution in [0.15, 0.2) is 0 Å². The Morgan fingerprint density at radius 1 is 1.17 bits per heavy atom. The van der Waals surface area contributed by atoms with E-state index in [-0.39, 0.29) is 22.7 Å². The Morgan fingerprint density at radius 3 is 1.83 bits per heavy atom. The first-order valence-corrected chi connectivity index (χ1v) is 6.86. The van der Waals surface area contributed by atoms with Gasteiger partial charge in [0.15, 0.2) is 5.60 Å². The fourth-order valence-corrected chi connectivity index (χ4v) is 4.05. The molecule has 0 amide bonds. The molecule has 1 aliphatic rings. The number of hydrogen-bond donors (Lipinski definition) is 2. The molecule has 1 atom stereocenters. The van der Waals surface area contributed by atoms with Crippen molar-refractivity contribution >= 4 is 5.97 Å². The van der Waals surface area contributed by atoms with Gasteiger partial charge >= 0.3 is 5.97 Å². The predicted octanol–water partition coefficient (Wildman–Crippen LogP) is 3.31. The van der Waals surface area contributed by atoms with E-state index in [1.807, 2.05) is 0 Å². The Labute approximate surface area is 111 Å². The number of carboxylic acid groups (broad SMARTS) is 1. The van der Waals surface area contributed by atoms with E-state index >= 15 is 0 Å². The molecule has 1 aliphatic carbocycles. The zero-order valence-corrected chi connectivity index (χ0v) is 12.6. The van der Waals surface area contributed by atoms with Crippen molar-refractivity contribution in [1.29, 1.82) is 0 Å². The third kappa shape index (κ3) is 2.87. The number of rotatable bonds is 3. The van der Waals surface area contributed by atoms with Crippen LogP contribution in [-0.2, 0) is 4.79 Å². The van der Waals surface area contributed by atoms with Crippen LogP contribution in [0.2, 0.25) is 0 Å². The molecule has 0 aliphatic heterocycles. The molecule has 0 aromatic carbocycles. The lowest BCUT2D eigenvalue weighted by molar-refractivity contribution is -0.179.